The minimum atomic E-state index is -0.140. The number of carbonyl (C=O) groups is 2. The van der Waals surface area contributed by atoms with E-state index in [4.69, 9.17) is 0 Å². The van der Waals surface area contributed by atoms with Gasteiger partial charge < -0.3 is 0 Å². The van der Waals surface area contributed by atoms with Gasteiger partial charge in [0.05, 0.1) is 0 Å². The molecular weight excluding hydrogens is 308 g/mol. The maximum absolute atomic E-state index is 12.9. The molecule has 0 heterocycles. The fraction of sp³-hybridized carbons (Fsp3) is 0.565. The molecule has 9 aliphatic rings. The quantitative estimate of drug-likeness (QED) is 0.641. The summed E-state index contributed by atoms with van der Waals surface area (Å²) in [5.41, 5.74) is 3.05. The minimum Gasteiger partial charge on any atom is -0.294 e. The van der Waals surface area contributed by atoms with Gasteiger partial charge in [-0.3, -0.25) is 9.59 Å². The molecule has 0 N–H and O–H groups in total. The highest BCUT2D eigenvalue weighted by molar-refractivity contribution is 6.08. The standard InChI is InChI=1S/C23H20O2/c1-8-16-10-7-11-17(16)9(2)23-13-4-3-12(22(8,23)20(10)21(11)23)18-14(24)5-6-15(25)19(13)18/h3-6,10-13,16-21H,1-2,7H2. The Hall–Kier alpha value is -1.70. The van der Waals surface area contributed by atoms with Gasteiger partial charge in [0.1, 0.15) is 0 Å². The van der Waals surface area contributed by atoms with Crippen LogP contribution in [0, 0.1) is 70.0 Å². The number of allylic oxidation sites excluding steroid dienone is 6. The SMILES string of the molecule is C=C1C2C3CC4C2C(=C)C25C6C=CC(C7C(=O)C=CC(=O)C76)C12C3C45. The van der Waals surface area contributed by atoms with E-state index in [1.54, 1.807) is 12.2 Å². The Labute approximate surface area is 146 Å². The van der Waals surface area contributed by atoms with Gasteiger partial charge in [-0.05, 0) is 65.9 Å². The van der Waals surface area contributed by atoms with Gasteiger partial charge in [-0.25, -0.2) is 0 Å². The molecule has 2 nitrogen and oxygen atoms in total. The molecule has 25 heavy (non-hydrogen) atoms. The summed E-state index contributed by atoms with van der Waals surface area (Å²) in [6, 6.07) is 0. The van der Waals surface area contributed by atoms with Gasteiger partial charge in [-0.1, -0.05) is 36.5 Å². The Morgan fingerprint density at radius 3 is 1.64 bits per heavy atom. The summed E-state index contributed by atoms with van der Waals surface area (Å²) in [7, 11) is 0. The third-order valence-electron chi connectivity index (χ3n) is 10.6. The highest BCUT2D eigenvalue weighted by Gasteiger charge is 2.96. The Bertz CT molecular complexity index is 877. The monoisotopic (exact) mass is 328 g/mol. The molecule has 0 radical (unpaired) electrons. The van der Waals surface area contributed by atoms with Crippen LogP contribution in [0.25, 0.3) is 0 Å². The summed E-state index contributed by atoms with van der Waals surface area (Å²) in [5, 5.41) is 0. The fourth-order valence-corrected chi connectivity index (χ4v) is 10.9. The van der Waals surface area contributed by atoms with Crippen LogP contribution in [-0.4, -0.2) is 11.6 Å². The van der Waals surface area contributed by atoms with E-state index in [2.05, 4.69) is 25.3 Å². The predicted molar refractivity (Wildman–Crippen MR) is 91.0 cm³/mol. The van der Waals surface area contributed by atoms with E-state index in [1.807, 2.05) is 0 Å². The summed E-state index contributed by atoms with van der Waals surface area (Å²) in [4.78, 5) is 25.8. The van der Waals surface area contributed by atoms with Crippen LogP contribution in [0.1, 0.15) is 6.42 Å². The van der Waals surface area contributed by atoms with Crippen LogP contribution in [0.5, 0.6) is 0 Å². The van der Waals surface area contributed by atoms with Crippen molar-refractivity contribution in [2.45, 2.75) is 6.42 Å². The van der Waals surface area contributed by atoms with Crippen molar-refractivity contribution in [2.24, 2.45) is 70.0 Å². The zero-order valence-electron chi connectivity index (χ0n) is 14.0. The van der Waals surface area contributed by atoms with Gasteiger partial charge in [0.15, 0.2) is 11.6 Å². The lowest BCUT2D eigenvalue weighted by Gasteiger charge is -2.77. The first-order valence-corrected chi connectivity index (χ1v) is 9.90. The van der Waals surface area contributed by atoms with Crippen molar-refractivity contribution in [3.05, 3.63) is 48.6 Å². The van der Waals surface area contributed by atoms with Crippen molar-refractivity contribution < 1.29 is 9.59 Å². The summed E-state index contributed by atoms with van der Waals surface area (Å²) in [6.45, 7) is 9.38. The number of fused-ring (bicyclic) bond motifs is 1. The van der Waals surface area contributed by atoms with E-state index in [9.17, 15) is 9.59 Å². The first kappa shape index (κ1) is 12.6. The second-order valence-electron chi connectivity index (χ2n) is 10.1. The van der Waals surface area contributed by atoms with Crippen LogP contribution in [-0.2, 0) is 9.59 Å². The van der Waals surface area contributed by atoms with Gasteiger partial charge in [0.2, 0.25) is 0 Å². The van der Waals surface area contributed by atoms with E-state index < -0.39 is 0 Å². The Morgan fingerprint density at radius 2 is 1.20 bits per heavy atom. The van der Waals surface area contributed by atoms with Crippen LogP contribution in [0.4, 0.5) is 0 Å². The van der Waals surface area contributed by atoms with Crippen LogP contribution >= 0.6 is 0 Å². The van der Waals surface area contributed by atoms with Crippen molar-refractivity contribution >= 4 is 11.6 Å². The molecular formula is C23H20O2. The summed E-state index contributed by atoms with van der Waals surface area (Å²) >= 11 is 0. The van der Waals surface area contributed by atoms with Crippen LogP contribution in [0.3, 0.4) is 0 Å². The fourth-order valence-electron chi connectivity index (χ4n) is 10.9. The van der Waals surface area contributed by atoms with Crippen molar-refractivity contribution in [2.75, 3.05) is 0 Å². The van der Waals surface area contributed by atoms with E-state index in [-0.39, 0.29) is 46.1 Å². The van der Waals surface area contributed by atoms with Crippen LogP contribution in [0.2, 0.25) is 0 Å². The molecule has 12 atom stereocenters. The Balaban J connectivity index is 1.50. The average Bonchev–Trinajstić information content (AvgIpc) is 3.14. The summed E-state index contributed by atoms with van der Waals surface area (Å²) < 4.78 is 0. The highest BCUT2D eigenvalue weighted by atomic mass is 16.1. The Kier molecular flexibility index (Phi) is 1.56. The van der Waals surface area contributed by atoms with Crippen molar-refractivity contribution in [1.82, 2.24) is 0 Å². The summed E-state index contributed by atoms with van der Waals surface area (Å²) in [5.74, 6) is 4.72. The highest BCUT2D eigenvalue weighted by Crippen LogP contribution is 2.99. The Morgan fingerprint density at radius 1 is 0.760 bits per heavy atom. The van der Waals surface area contributed by atoms with E-state index in [0.717, 1.165) is 23.7 Å². The third-order valence-corrected chi connectivity index (χ3v) is 10.6. The van der Waals surface area contributed by atoms with Crippen molar-refractivity contribution in [3.63, 3.8) is 0 Å². The van der Waals surface area contributed by atoms with E-state index in [0.29, 0.717) is 11.8 Å². The molecule has 6 fully saturated rings. The lowest BCUT2D eigenvalue weighted by molar-refractivity contribution is -0.240. The normalized spacial score (nSPS) is 68.2. The average molecular weight is 328 g/mol. The molecule has 124 valence electrons. The molecule has 12 unspecified atom stereocenters. The molecule has 2 spiro atoms. The zero-order valence-corrected chi connectivity index (χ0v) is 14.0. The molecule has 0 amide bonds. The lowest BCUT2D eigenvalue weighted by Crippen LogP contribution is -2.76. The molecule has 9 rings (SSSR count). The molecule has 0 saturated heterocycles. The van der Waals surface area contributed by atoms with Crippen molar-refractivity contribution in [3.8, 4) is 0 Å². The van der Waals surface area contributed by atoms with Gasteiger partial charge in [0.25, 0.3) is 0 Å². The number of ketones is 2. The molecule has 9 aliphatic carbocycles. The second kappa shape index (κ2) is 3.08. The smallest absolute Gasteiger partial charge is 0.160 e. The van der Waals surface area contributed by atoms with E-state index in [1.165, 1.54) is 17.6 Å². The third kappa shape index (κ3) is 0.769. The van der Waals surface area contributed by atoms with Gasteiger partial charge in [-0.2, -0.15) is 0 Å². The van der Waals surface area contributed by atoms with Gasteiger partial charge in [-0.15, -0.1) is 0 Å². The van der Waals surface area contributed by atoms with Crippen LogP contribution in [0.15, 0.2) is 48.6 Å². The lowest BCUT2D eigenvalue weighted by atomic mass is 9.24. The number of hydrogen-bond acceptors (Lipinski definition) is 2. The summed E-state index contributed by atoms with van der Waals surface area (Å²) in [6.07, 6.45) is 9.10. The minimum absolute atomic E-state index is 0.0630. The maximum atomic E-state index is 12.9. The molecule has 0 aromatic carbocycles. The number of hydrogen-bond donors (Lipinski definition) is 0. The topological polar surface area (TPSA) is 34.1 Å². The second-order valence-corrected chi connectivity index (χ2v) is 10.1. The number of carbonyl (C=O) groups excluding carboxylic acids is 2. The van der Waals surface area contributed by atoms with Crippen molar-refractivity contribution in [1.29, 1.82) is 0 Å². The van der Waals surface area contributed by atoms with Gasteiger partial charge in [0, 0.05) is 22.7 Å². The molecule has 0 aromatic rings. The number of rotatable bonds is 0. The van der Waals surface area contributed by atoms with Crippen LogP contribution < -0.4 is 0 Å². The first-order chi connectivity index (χ1) is 12.1. The molecule has 0 aromatic heterocycles. The first-order valence-electron chi connectivity index (χ1n) is 9.90. The van der Waals surface area contributed by atoms with E-state index >= 15 is 0 Å². The zero-order chi connectivity index (χ0) is 16.6. The molecule has 2 heteroatoms. The molecule has 6 saturated carbocycles. The maximum Gasteiger partial charge on any atom is 0.160 e. The largest absolute Gasteiger partial charge is 0.294 e. The van der Waals surface area contributed by atoms with Gasteiger partial charge >= 0.3 is 0 Å². The molecule has 4 bridgehead atoms. The predicted octanol–water partition coefficient (Wildman–Crippen LogP) is 2.98. The molecule has 0 aliphatic heterocycles.